The van der Waals surface area contributed by atoms with E-state index < -0.39 is 15.3 Å². The highest BCUT2D eigenvalue weighted by Gasteiger charge is 2.23. The summed E-state index contributed by atoms with van der Waals surface area (Å²) in [6, 6.07) is 3.41. The van der Waals surface area contributed by atoms with Crippen molar-refractivity contribution in [2.75, 3.05) is 4.72 Å². The molecule has 7 heteroatoms. The fraction of sp³-hybridized carbons (Fsp3) is 0.400. The Kier molecular flexibility index (Phi) is 4.48. The first-order valence-corrected chi connectivity index (χ1v) is 7.28. The van der Waals surface area contributed by atoms with E-state index in [0.29, 0.717) is 10.3 Å². The summed E-state index contributed by atoms with van der Waals surface area (Å²) in [6.45, 7) is 3.45. The Morgan fingerprint density at radius 3 is 2.76 bits per heavy atom. The second kappa shape index (κ2) is 5.47. The van der Waals surface area contributed by atoms with Crippen LogP contribution in [0, 0.1) is 18.3 Å². The van der Waals surface area contributed by atoms with Gasteiger partial charge in [0.15, 0.2) is 5.25 Å². The van der Waals surface area contributed by atoms with E-state index in [9.17, 15) is 8.42 Å². The summed E-state index contributed by atoms with van der Waals surface area (Å²) in [5.41, 5.74) is 1.18. The first-order valence-electron chi connectivity index (χ1n) is 4.94. The van der Waals surface area contributed by atoms with E-state index >= 15 is 0 Å². The summed E-state index contributed by atoms with van der Waals surface area (Å²) in [5, 5.41) is 7.70. The van der Waals surface area contributed by atoms with Crippen LogP contribution in [-0.2, 0) is 10.0 Å². The highest BCUT2D eigenvalue weighted by molar-refractivity contribution is 9.10. The molecule has 1 aromatic rings. The average Bonchev–Trinajstić information content (AvgIpc) is 2.24. The van der Waals surface area contributed by atoms with Crippen molar-refractivity contribution in [2.24, 2.45) is 0 Å². The van der Waals surface area contributed by atoms with Crippen LogP contribution in [0.15, 0.2) is 16.9 Å². The molecule has 0 aliphatic rings. The van der Waals surface area contributed by atoms with Gasteiger partial charge >= 0.3 is 0 Å². The van der Waals surface area contributed by atoms with Crippen LogP contribution in [0.1, 0.15) is 18.9 Å². The van der Waals surface area contributed by atoms with Crippen LogP contribution in [-0.4, -0.2) is 18.7 Å². The van der Waals surface area contributed by atoms with Crippen molar-refractivity contribution in [3.8, 4) is 6.07 Å². The van der Waals surface area contributed by atoms with Crippen LogP contribution >= 0.6 is 15.9 Å². The molecule has 0 radical (unpaired) electrons. The lowest BCUT2D eigenvalue weighted by Crippen LogP contribution is -2.26. The van der Waals surface area contributed by atoms with E-state index in [4.69, 9.17) is 5.26 Å². The zero-order chi connectivity index (χ0) is 13.1. The Bertz CT molecular complexity index is 551. The maximum Gasteiger partial charge on any atom is 0.249 e. The number of aromatic nitrogens is 1. The van der Waals surface area contributed by atoms with E-state index in [-0.39, 0.29) is 6.42 Å². The minimum Gasteiger partial charge on any atom is -0.281 e. The van der Waals surface area contributed by atoms with Gasteiger partial charge in [-0.1, -0.05) is 6.92 Å². The summed E-state index contributed by atoms with van der Waals surface area (Å²) in [6.07, 6.45) is 1.65. The van der Waals surface area contributed by atoms with Crippen molar-refractivity contribution in [3.05, 3.63) is 22.4 Å². The SMILES string of the molecule is CCC(C#N)S(=O)(=O)Nc1cnc(Br)c(C)c1. The smallest absolute Gasteiger partial charge is 0.249 e. The molecule has 0 spiro atoms. The molecule has 1 atom stereocenters. The quantitative estimate of drug-likeness (QED) is 0.863. The first-order chi connectivity index (χ1) is 7.90. The number of nitrogens with one attached hydrogen (secondary N) is 1. The number of rotatable bonds is 4. The maximum atomic E-state index is 11.8. The lowest BCUT2D eigenvalue weighted by molar-refractivity contribution is 0.593. The molecular weight excluding hydrogens is 306 g/mol. The highest BCUT2D eigenvalue weighted by Crippen LogP contribution is 2.19. The topological polar surface area (TPSA) is 82.8 Å². The van der Waals surface area contributed by atoms with Gasteiger partial charge in [0, 0.05) is 0 Å². The number of sulfonamides is 1. The van der Waals surface area contributed by atoms with Crippen molar-refractivity contribution >= 4 is 31.6 Å². The normalized spacial score (nSPS) is 12.8. The van der Waals surface area contributed by atoms with Gasteiger partial charge in [-0.15, -0.1) is 0 Å². The number of nitrogens with zero attached hydrogens (tertiary/aromatic N) is 2. The molecule has 0 bridgehead atoms. The standard InChI is InChI=1S/C10H12BrN3O2S/c1-3-9(5-12)17(15,16)14-8-4-7(2)10(11)13-6-8/h4,6,9,14H,3H2,1-2H3. The lowest BCUT2D eigenvalue weighted by Gasteiger charge is -2.11. The summed E-state index contributed by atoms with van der Waals surface area (Å²) >= 11 is 3.22. The summed E-state index contributed by atoms with van der Waals surface area (Å²) in [4.78, 5) is 3.98. The molecule has 0 aromatic carbocycles. The maximum absolute atomic E-state index is 11.8. The van der Waals surface area contributed by atoms with E-state index in [1.165, 1.54) is 6.20 Å². The highest BCUT2D eigenvalue weighted by atomic mass is 79.9. The number of hydrogen-bond acceptors (Lipinski definition) is 4. The van der Waals surface area contributed by atoms with Crippen molar-refractivity contribution in [2.45, 2.75) is 25.5 Å². The van der Waals surface area contributed by atoms with Gasteiger partial charge in [0.25, 0.3) is 0 Å². The van der Waals surface area contributed by atoms with Crippen LogP contribution in [0.25, 0.3) is 0 Å². The minimum absolute atomic E-state index is 0.245. The third-order valence-electron chi connectivity index (χ3n) is 2.16. The lowest BCUT2D eigenvalue weighted by atomic mass is 10.3. The predicted molar refractivity (Wildman–Crippen MR) is 68.9 cm³/mol. The molecule has 0 saturated heterocycles. The molecule has 1 rings (SSSR count). The summed E-state index contributed by atoms with van der Waals surface area (Å²) in [5.74, 6) is 0. The Morgan fingerprint density at radius 2 is 2.29 bits per heavy atom. The van der Waals surface area contributed by atoms with Crippen LogP contribution in [0.4, 0.5) is 5.69 Å². The van der Waals surface area contributed by atoms with Gasteiger partial charge in [-0.25, -0.2) is 13.4 Å². The minimum atomic E-state index is -3.67. The fourth-order valence-corrected chi connectivity index (χ4v) is 2.61. The first kappa shape index (κ1) is 13.9. The number of nitriles is 1. The van der Waals surface area contributed by atoms with Crippen LogP contribution in [0.2, 0.25) is 0 Å². The van der Waals surface area contributed by atoms with Gasteiger partial charge in [0.1, 0.15) is 4.60 Å². The Hall–Kier alpha value is -1.13. The van der Waals surface area contributed by atoms with Gasteiger partial charge < -0.3 is 0 Å². The molecule has 0 fully saturated rings. The molecule has 1 aromatic heterocycles. The molecule has 1 heterocycles. The molecule has 0 saturated carbocycles. The number of halogens is 1. The summed E-state index contributed by atoms with van der Waals surface area (Å²) < 4.78 is 26.6. The predicted octanol–water partition coefficient (Wildman–Crippen LogP) is 2.20. The molecule has 5 nitrogen and oxygen atoms in total. The number of aryl methyl sites for hydroxylation is 1. The zero-order valence-corrected chi connectivity index (χ0v) is 11.8. The van der Waals surface area contributed by atoms with E-state index in [1.54, 1.807) is 26.0 Å². The van der Waals surface area contributed by atoms with E-state index in [2.05, 4.69) is 25.6 Å². The molecule has 0 aliphatic heterocycles. The van der Waals surface area contributed by atoms with Crippen molar-refractivity contribution < 1.29 is 8.42 Å². The van der Waals surface area contributed by atoms with Crippen molar-refractivity contribution in [1.82, 2.24) is 4.98 Å². The molecule has 1 N–H and O–H groups in total. The van der Waals surface area contributed by atoms with Crippen LogP contribution in [0.3, 0.4) is 0 Å². The molecule has 1 unspecified atom stereocenters. The average molecular weight is 318 g/mol. The number of hydrogen-bond donors (Lipinski definition) is 1. The monoisotopic (exact) mass is 317 g/mol. The number of pyridine rings is 1. The Labute approximate surface area is 109 Å². The molecular formula is C10H12BrN3O2S. The molecule has 0 amide bonds. The molecule has 92 valence electrons. The zero-order valence-electron chi connectivity index (χ0n) is 9.44. The van der Waals surface area contributed by atoms with Crippen molar-refractivity contribution in [1.29, 1.82) is 5.26 Å². The van der Waals surface area contributed by atoms with Gasteiger partial charge in [-0.3, -0.25) is 4.72 Å². The second-order valence-corrected chi connectivity index (χ2v) is 6.12. The summed E-state index contributed by atoms with van der Waals surface area (Å²) in [7, 11) is -3.67. The van der Waals surface area contributed by atoms with Gasteiger partial charge in [0.2, 0.25) is 10.0 Å². The third kappa shape index (κ3) is 3.41. The largest absolute Gasteiger partial charge is 0.281 e. The van der Waals surface area contributed by atoms with Crippen LogP contribution in [0.5, 0.6) is 0 Å². The third-order valence-corrected chi connectivity index (χ3v) is 4.70. The van der Waals surface area contributed by atoms with Gasteiger partial charge in [-0.2, -0.15) is 5.26 Å². The van der Waals surface area contributed by atoms with Gasteiger partial charge in [-0.05, 0) is 40.9 Å². The Morgan fingerprint density at radius 1 is 1.65 bits per heavy atom. The van der Waals surface area contributed by atoms with Crippen LogP contribution < -0.4 is 4.72 Å². The fourth-order valence-electron chi connectivity index (χ4n) is 1.23. The molecule has 0 aliphatic carbocycles. The van der Waals surface area contributed by atoms with E-state index in [1.807, 2.05) is 0 Å². The second-order valence-electron chi connectivity index (χ2n) is 3.50. The van der Waals surface area contributed by atoms with E-state index in [0.717, 1.165) is 5.56 Å². The van der Waals surface area contributed by atoms with Crippen molar-refractivity contribution in [3.63, 3.8) is 0 Å². The molecule has 17 heavy (non-hydrogen) atoms. The Balaban J connectivity index is 2.99. The number of anilines is 1. The van der Waals surface area contributed by atoms with Gasteiger partial charge in [0.05, 0.1) is 18.0 Å².